The number of ether oxygens (including phenoxy) is 1. The zero-order chi connectivity index (χ0) is 34.6. The Morgan fingerprint density at radius 2 is 1.44 bits per heavy atom. The van der Waals surface area contributed by atoms with Gasteiger partial charge in [-0.1, -0.05) is 67.0 Å². The number of nitrogens with one attached hydrogen (secondary N) is 2. The molecule has 0 heterocycles. The van der Waals surface area contributed by atoms with E-state index in [1.807, 2.05) is 26.0 Å². The van der Waals surface area contributed by atoms with Crippen molar-refractivity contribution in [1.29, 1.82) is 0 Å². The predicted octanol–water partition coefficient (Wildman–Crippen LogP) is 9.12. The first-order valence-corrected chi connectivity index (χ1v) is 14.6. The quantitative estimate of drug-likeness (QED) is 0.141. The van der Waals surface area contributed by atoms with Gasteiger partial charge in [-0.15, -0.1) is 0 Å². The van der Waals surface area contributed by atoms with Gasteiger partial charge in [0.1, 0.15) is 11.5 Å². The lowest BCUT2D eigenvalue weighted by molar-refractivity contribution is -0.343. The number of carbonyl (C=O) groups excluding carboxylic acids is 2. The standard InChI is InChI=1S/C32H41F7N2O4/c1-8-11-12-25(45-24-16-13-19(28(4,5)9-2)17-21(24)29(6,7)10-3)26(43)40-20-14-15-22(23(42)18-20)41-27(44)30(33,34)31(35,36)32(37,38)39/h13-18,25,42H,8-12H2,1-7H3,(H,40,43)(H,41,44)/t25-/m0/s1. The van der Waals surface area contributed by atoms with Gasteiger partial charge in [0.25, 0.3) is 5.91 Å². The molecule has 3 N–H and O–H groups in total. The highest BCUT2D eigenvalue weighted by molar-refractivity contribution is 5.99. The molecule has 0 aliphatic heterocycles. The van der Waals surface area contributed by atoms with Crippen LogP contribution >= 0.6 is 0 Å². The Morgan fingerprint density at radius 1 is 0.844 bits per heavy atom. The van der Waals surface area contributed by atoms with E-state index in [4.69, 9.17) is 4.74 Å². The number of unbranched alkanes of at least 4 members (excludes halogenated alkanes) is 1. The van der Waals surface area contributed by atoms with Gasteiger partial charge in [0.15, 0.2) is 6.10 Å². The molecule has 0 spiro atoms. The van der Waals surface area contributed by atoms with E-state index in [1.54, 1.807) is 0 Å². The number of halogens is 7. The van der Waals surface area contributed by atoms with E-state index in [1.165, 1.54) is 5.32 Å². The van der Waals surface area contributed by atoms with Crippen LogP contribution in [0.1, 0.15) is 91.7 Å². The minimum atomic E-state index is -6.71. The second kappa shape index (κ2) is 13.9. The molecule has 0 bridgehead atoms. The highest BCUT2D eigenvalue weighted by atomic mass is 19.4. The largest absolute Gasteiger partial charge is 0.506 e. The van der Waals surface area contributed by atoms with E-state index in [0.717, 1.165) is 48.6 Å². The van der Waals surface area contributed by atoms with E-state index in [2.05, 4.69) is 46.0 Å². The van der Waals surface area contributed by atoms with Crippen LogP contribution in [-0.2, 0) is 20.4 Å². The van der Waals surface area contributed by atoms with Crippen molar-refractivity contribution in [2.24, 2.45) is 0 Å². The fourth-order valence-electron chi connectivity index (χ4n) is 4.22. The average Bonchev–Trinajstić information content (AvgIpc) is 2.95. The van der Waals surface area contributed by atoms with Crippen molar-refractivity contribution in [3.8, 4) is 11.5 Å². The third kappa shape index (κ3) is 8.40. The van der Waals surface area contributed by atoms with Gasteiger partial charge >= 0.3 is 23.9 Å². The molecule has 2 amide bonds. The van der Waals surface area contributed by atoms with Crippen molar-refractivity contribution >= 4 is 23.2 Å². The molecule has 0 radical (unpaired) electrons. The van der Waals surface area contributed by atoms with Crippen molar-refractivity contribution < 1.29 is 50.2 Å². The van der Waals surface area contributed by atoms with E-state index in [0.29, 0.717) is 18.6 Å². The van der Waals surface area contributed by atoms with Crippen LogP contribution < -0.4 is 15.4 Å². The third-order valence-corrected chi connectivity index (χ3v) is 8.19. The fraction of sp³-hybridized carbons (Fsp3) is 0.562. The number of phenolic OH excluding ortho intramolecular Hbond substituents is 1. The maximum absolute atomic E-state index is 13.7. The Hall–Kier alpha value is -3.51. The summed E-state index contributed by atoms with van der Waals surface area (Å²) in [5.41, 5.74) is 0.681. The number of hydrogen-bond donors (Lipinski definition) is 3. The number of phenols is 1. The number of amides is 2. The lowest BCUT2D eigenvalue weighted by Gasteiger charge is -2.31. The van der Waals surface area contributed by atoms with Crippen LogP contribution in [0.2, 0.25) is 0 Å². The van der Waals surface area contributed by atoms with Crippen LogP contribution in [0, 0.1) is 0 Å². The van der Waals surface area contributed by atoms with Crippen molar-refractivity contribution in [1.82, 2.24) is 0 Å². The molecule has 6 nitrogen and oxygen atoms in total. The molecule has 0 aliphatic carbocycles. The monoisotopic (exact) mass is 650 g/mol. The molecule has 2 aromatic rings. The van der Waals surface area contributed by atoms with Gasteiger partial charge in [-0.2, -0.15) is 30.7 Å². The van der Waals surface area contributed by atoms with Gasteiger partial charge < -0.3 is 20.5 Å². The zero-order valence-corrected chi connectivity index (χ0v) is 26.4. The number of anilines is 2. The Bertz CT molecular complexity index is 1360. The summed E-state index contributed by atoms with van der Waals surface area (Å²) in [6.07, 6.45) is -4.33. The lowest BCUT2D eigenvalue weighted by atomic mass is 9.76. The Balaban J connectivity index is 2.34. The minimum absolute atomic E-state index is 0.0814. The maximum Gasteiger partial charge on any atom is 0.460 e. The van der Waals surface area contributed by atoms with Crippen LogP contribution in [0.4, 0.5) is 42.1 Å². The maximum atomic E-state index is 13.7. The zero-order valence-electron chi connectivity index (χ0n) is 26.4. The molecule has 0 aromatic heterocycles. The molecule has 252 valence electrons. The Kier molecular flexibility index (Phi) is 11.6. The van der Waals surface area contributed by atoms with Gasteiger partial charge in [-0.05, 0) is 60.3 Å². The molecule has 0 saturated heterocycles. The number of alkyl halides is 7. The van der Waals surface area contributed by atoms with Crippen molar-refractivity contribution in [2.75, 3.05) is 10.6 Å². The highest BCUT2D eigenvalue weighted by Crippen LogP contribution is 2.47. The molecule has 0 fully saturated rings. The highest BCUT2D eigenvalue weighted by Gasteiger charge is 2.76. The molecular weight excluding hydrogens is 609 g/mol. The summed E-state index contributed by atoms with van der Waals surface area (Å²) >= 11 is 0. The first-order valence-electron chi connectivity index (χ1n) is 14.6. The van der Waals surface area contributed by atoms with Gasteiger partial charge in [0.2, 0.25) is 0 Å². The van der Waals surface area contributed by atoms with E-state index in [-0.39, 0.29) is 16.5 Å². The van der Waals surface area contributed by atoms with Gasteiger partial charge in [-0.25, -0.2) is 0 Å². The third-order valence-electron chi connectivity index (χ3n) is 8.19. The number of hydrogen-bond acceptors (Lipinski definition) is 4. The van der Waals surface area contributed by atoms with Crippen LogP contribution in [0.25, 0.3) is 0 Å². The topological polar surface area (TPSA) is 87.7 Å². The molecule has 2 aromatic carbocycles. The normalized spacial score (nSPS) is 13.7. The van der Waals surface area contributed by atoms with Crippen molar-refractivity contribution in [3.05, 3.63) is 47.5 Å². The van der Waals surface area contributed by atoms with Gasteiger partial charge in [0, 0.05) is 17.3 Å². The number of benzene rings is 2. The van der Waals surface area contributed by atoms with Crippen molar-refractivity contribution in [2.45, 2.75) is 116 Å². The summed E-state index contributed by atoms with van der Waals surface area (Å²) in [7, 11) is 0. The molecular formula is C32H41F7N2O4. The Labute approximate surface area is 258 Å². The van der Waals surface area contributed by atoms with Crippen LogP contribution in [0.15, 0.2) is 36.4 Å². The summed E-state index contributed by atoms with van der Waals surface area (Å²) in [4.78, 5) is 25.0. The summed E-state index contributed by atoms with van der Waals surface area (Å²) in [5.74, 6) is -16.9. The van der Waals surface area contributed by atoms with E-state index >= 15 is 0 Å². The molecule has 45 heavy (non-hydrogen) atoms. The summed E-state index contributed by atoms with van der Waals surface area (Å²) in [6.45, 7) is 14.5. The molecule has 0 saturated carbocycles. The first-order chi connectivity index (χ1) is 20.6. The lowest BCUT2D eigenvalue weighted by Crippen LogP contribution is -2.57. The second-order valence-electron chi connectivity index (χ2n) is 12.3. The second-order valence-corrected chi connectivity index (χ2v) is 12.3. The molecule has 0 unspecified atom stereocenters. The molecule has 1 atom stereocenters. The van der Waals surface area contributed by atoms with Gasteiger partial charge in [-0.3, -0.25) is 9.59 Å². The summed E-state index contributed by atoms with van der Waals surface area (Å²) < 4.78 is 97.5. The van der Waals surface area contributed by atoms with Crippen LogP contribution in [-0.4, -0.2) is 41.0 Å². The van der Waals surface area contributed by atoms with Crippen LogP contribution in [0.3, 0.4) is 0 Å². The first kappa shape index (κ1) is 37.7. The fourth-order valence-corrected chi connectivity index (χ4v) is 4.22. The average molecular weight is 651 g/mol. The van der Waals surface area contributed by atoms with Crippen molar-refractivity contribution in [3.63, 3.8) is 0 Å². The van der Waals surface area contributed by atoms with Gasteiger partial charge in [0.05, 0.1) is 5.69 Å². The SMILES string of the molecule is CCCC[C@H](Oc1ccc(C(C)(C)CC)cc1C(C)(C)CC)C(=O)Nc1ccc(NC(=O)C(F)(F)C(F)(F)C(F)(F)F)c(O)c1. The summed E-state index contributed by atoms with van der Waals surface area (Å²) in [5, 5.41) is 13.9. The van der Waals surface area contributed by atoms with E-state index in [9.17, 15) is 45.4 Å². The minimum Gasteiger partial charge on any atom is -0.506 e. The summed E-state index contributed by atoms with van der Waals surface area (Å²) in [6, 6.07) is 8.52. The van der Waals surface area contributed by atoms with Crippen LogP contribution in [0.5, 0.6) is 11.5 Å². The molecule has 2 rings (SSSR count). The number of carbonyl (C=O) groups is 2. The smallest absolute Gasteiger partial charge is 0.460 e. The van der Waals surface area contributed by atoms with E-state index < -0.39 is 47.4 Å². The predicted molar refractivity (Wildman–Crippen MR) is 158 cm³/mol. The Morgan fingerprint density at radius 3 is 1.96 bits per heavy atom. The molecule has 0 aliphatic rings. The number of rotatable bonds is 14. The molecule has 13 heteroatoms. The number of aromatic hydroxyl groups is 1.